The summed E-state index contributed by atoms with van der Waals surface area (Å²) in [4.78, 5) is 0. The van der Waals surface area contributed by atoms with Gasteiger partial charge in [-0.2, -0.15) is 0 Å². The van der Waals surface area contributed by atoms with E-state index in [1.165, 1.54) is 18.4 Å². The topological polar surface area (TPSA) is 38.0 Å². The van der Waals surface area contributed by atoms with Gasteiger partial charge in [0.05, 0.1) is 0 Å². The molecule has 1 unspecified atom stereocenters. The average Bonchev–Trinajstić information content (AvgIpc) is 2.36. The van der Waals surface area contributed by atoms with Crippen LogP contribution in [0.3, 0.4) is 0 Å². The fraction of sp³-hybridized carbons (Fsp3) is 0.571. The fourth-order valence-corrected chi connectivity index (χ4v) is 2.53. The van der Waals surface area contributed by atoms with Gasteiger partial charge in [-0.25, -0.2) is 0 Å². The zero-order valence-corrected chi connectivity index (χ0v) is 12.3. The van der Waals surface area contributed by atoms with Gasteiger partial charge in [0, 0.05) is 17.1 Å². The van der Waals surface area contributed by atoms with Gasteiger partial charge in [-0.15, -0.1) is 0 Å². The molecule has 0 heterocycles. The maximum Gasteiger partial charge on any atom is 0.0455 e. The fourth-order valence-electron chi connectivity index (χ4n) is 1.96. The van der Waals surface area contributed by atoms with Gasteiger partial charge in [0.2, 0.25) is 0 Å². The van der Waals surface area contributed by atoms with Crippen LogP contribution in [0.2, 0.25) is 0 Å². The molecule has 0 spiro atoms. The predicted octanol–water partition coefficient (Wildman–Crippen LogP) is 3.47. The van der Waals surface area contributed by atoms with Gasteiger partial charge in [0.25, 0.3) is 0 Å². The molecule has 1 atom stereocenters. The Kier molecular flexibility index (Phi) is 6.78. The van der Waals surface area contributed by atoms with Crippen molar-refractivity contribution in [3.8, 4) is 0 Å². The molecule has 96 valence electrons. The Hall–Kier alpha value is -0.380. The Balaban J connectivity index is 2.63. The number of hydrogen-bond donors (Lipinski definition) is 2. The van der Waals surface area contributed by atoms with E-state index in [9.17, 15) is 0 Å². The van der Waals surface area contributed by atoms with Crippen molar-refractivity contribution in [2.75, 3.05) is 13.1 Å². The molecule has 2 nitrogen and oxygen atoms in total. The third-order valence-electron chi connectivity index (χ3n) is 3.32. The first kappa shape index (κ1) is 14.7. The molecule has 3 heteroatoms. The molecule has 0 saturated heterocycles. The lowest BCUT2D eigenvalue weighted by Crippen LogP contribution is -2.32. The number of halogens is 1. The van der Waals surface area contributed by atoms with Gasteiger partial charge in [-0.05, 0) is 24.1 Å². The van der Waals surface area contributed by atoms with Crippen LogP contribution < -0.4 is 11.1 Å². The number of hydrogen-bond acceptors (Lipinski definition) is 2. The van der Waals surface area contributed by atoms with Gasteiger partial charge < -0.3 is 11.1 Å². The van der Waals surface area contributed by atoms with E-state index in [1.54, 1.807) is 0 Å². The van der Waals surface area contributed by atoms with Crippen LogP contribution in [-0.4, -0.2) is 13.1 Å². The lowest BCUT2D eigenvalue weighted by Gasteiger charge is -2.22. The first-order valence-corrected chi connectivity index (χ1v) is 7.20. The Morgan fingerprint density at radius 2 is 1.88 bits per heavy atom. The van der Waals surface area contributed by atoms with E-state index in [-0.39, 0.29) is 6.04 Å². The molecule has 0 radical (unpaired) electrons. The summed E-state index contributed by atoms with van der Waals surface area (Å²) in [7, 11) is 0. The van der Waals surface area contributed by atoms with Crippen LogP contribution in [0.4, 0.5) is 0 Å². The maximum absolute atomic E-state index is 5.86. The normalized spacial score (nSPS) is 13.0. The van der Waals surface area contributed by atoms with Crippen LogP contribution >= 0.6 is 15.9 Å². The predicted molar refractivity (Wildman–Crippen MR) is 78.0 cm³/mol. The summed E-state index contributed by atoms with van der Waals surface area (Å²) in [6, 6.07) is 8.52. The third-order valence-corrected chi connectivity index (χ3v) is 4.05. The van der Waals surface area contributed by atoms with E-state index in [0.29, 0.717) is 6.54 Å². The summed E-state index contributed by atoms with van der Waals surface area (Å²) in [5.41, 5.74) is 7.11. The van der Waals surface area contributed by atoms with Crippen molar-refractivity contribution in [1.29, 1.82) is 0 Å². The van der Waals surface area contributed by atoms with Gasteiger partial charge in [-0.1, -0.05) is 60.8 Å². The molecular weight excluding hydrogens is 276 g/mol. The molecule has 0 fully saturated rings. The highest BCUT2D eigenvalue weighted by atomic mass is 79.9. The molecule has 0 bridgehead atoms. The van der Waals surface area contributed by atoms with Gasteiger partial charge in [-0.3, -0.25) is 0 Å². The maximum atomic E-state index is 5.86. The lowest BCUT2D eigenvalue weighted by molar-refractivity contribution is 0.413. The molecule has 0 saturated carbocycles. The second-order valence-electron chi connectivity index (χ2n) is 4.40. The number of benzene rings is 1. The Morgan fingerprint density at radius 1 is 1.24 bits per heavy atom. The Morgan fingerprint density at radius 3 is 2.41 bits per heavy atom. The zero-order valence-electron chi connectivity index (χ0n) is 10.7. The van der Waals surface area contributed by atoms with Crippen LogP contribution in [0.5, 0.6) is 0 Å². The van der Waals surface area contributed by atoms with Crippen LogP contribution in [0.15, 0.2) is 28.7 Å². The van der Waals surface area contributed by atoms with Crippen molar-refractivity contribution in [2.24, 2.45) is 11.7 Å². The molecule has 0 aliphatic heterocycles. The second kappa shape index (κ2) is 7.85. The van der Waals surface area contributed by atoms with Crippen LogP contribution in [-0.2, 0) is 0 Å². The van der Waals surface area contributed by atoms with Crippen LogP contribution in [0.1, 0.15) is 38.3 Å². The van der Waals surface area contributed by atoms with E-state index >= 15 is 0 Å². The molecule has 0 amide bonds. The number of nitrogens with two attached hydrogens (primary N) is 1. The largest absolute Gasteiger partial charge is 0.329 e. The molecule has 1 aromatic carbocycles. The summed E-state index contributed by atoms with van der Waals surface area (Å²) in [5.74, 6) is 0.742. The van der Waals surface area contributed by atoms with Crippen LogP contribution in [0.25, 0.3) is 0 Å². The van der Waals surface area contributed by atoms with Crippen molar-refractivity contribution in [1.82, 2.24) is 5.32 Å². The summed E-state index contributed by atoms with van der Waals surface area (Å²) >= 11 is 3.58. The average molecular weight is 299 g/mol. The number of nitrogens with one attached hydrogen (secondary N) is 1. The minimum atomic E-state index is 0.242. The molecule has 1 rings (SSSR count). The summed E-state index contributed by atoms with van der Waals surface area (Å²) in [5, 5.41) is 3.57. The van der Waals surface area contributed by atoms with E-state index in [1.807, 2.05) is 6.07 Å². The van der Waals surface area contributed by atoms with Gasteiger partial charge in [0.15, 0.2) is 0 Å². The summed E-state index contributed by atoms with van der Waals surface area (Å²) < 4.78 is 1.13. The van der Waals surface area contributed by atoms with Gasteiger partial charge >= 0.3 is 0 Å². The number of rotatable bonds is 7. The quantitative estimate of drug-likeness (QED) is 0.809. The Labute approximate surface area is 113 Å². The lowest BCUT2D eigenvalue weighted by atomic mass is 10.0. The van der Waals surface area contributed by atoms with E-state index in [2.05, 4.69) is 53.3 Å². The van der Waals surface area contributed by atoms with Crippen LogP contribution in [0, 0.1) is 5.92 Å². The highest BCUT2D eigenvalue weighted by molar-refractivity contribution is 9.10. The van der Waals surface area contributed by atoms with Crippen molar-refractivity contribution < 1.29 is 0 Å². The first-order valence-electron chi connectivity index (χ1n) is 6.40. The molecule has 0 aliphatic carbocycles. The highest BCUT2D eigenvalue weighted by Gasteiger charge is 2.13. The first-order chi connectivity index (χ1) is 8.22. The zero-order chi connectivity index (χ0) is 12.7. The summed E-state index contributed by atoms with van der Waals surface area (Å²) in [6.45, 7) is 6.15. The van der Waals surface area contributed by atoms with Crippen molar-refractivity contribution in [2.45, 2.75) is 32.7 Å². The van der Waals surface area contributed by atoms with Crippen molar-refractivity contribution in [3.63, 3.8) is 0 Å². The standard InChI is InChI=1S/C14H23BrN2/c1-3-11(4-2)10-17-14(9-16)12-7-5-6-8-13(12)15/h5-8,11,14,17H,3-4,9-10,16H2,1-2H3. The molecule has 1 aromatic rings. The van der Waals surface area contributed by atoms with Crippen molar-refractivity contribution >= 4 is 15.9 Å². The molecule has 0 aromatic heterocycles. The smallest absolute Gasteiger partial charge is 0.0455 e. The summed E-state index contributed by atoms with van der Waals surface area (Å²) in [6.07, 6.45) is 2.44. The molecule has 0 aliphatic rings. The minimum absolute atomic E-state index is 0.242. The van der Waals surface area contributed by atoms with Gasteiger partial charge in [0.1, 0.15) is 0 Å². The highest BCUT2D eigenvalue weighted by Crippen LogP contribution is 2.22. The molecular formula is C14H23BrN2. The van der Waals surface area contributed by atoms with E-state index in [4.69, 9.17) is 5.73 Å². The Bertz CT molecular complexity index is 324. The van der Waals surface area contributed by atoms with E-state index in [0.717, 1.165) is 16.9 Å². The molecule has 17 heavy (non-hydrogen) atoms. The van der Waals surface area contributed by atoms with E-state index < -0.39 is 0 Å². The molecule has 3 N–H and O–H groups in total. The van der Waals surface area contributed by atoms with Crippen molar-refractivity contribution in [3.05, 3.63) is 34.3 Å². The monoisotopic (exact) mass is 298 g/mol. The third kappa shape index (κ3) is 4.41. The second-order valence-corrected chi connectivity index (χ2v) is 5.25. The minimum Gasteiger partial charge on any atom is -0.329 e. The SMILES string of the molecule is CCC(CC)CNC(CN)c1ccccc1Br.